The highest BCUT2D eigenvalue weighted by Gasteiger charge is 2.42. The minimum atomic E-state index is -0.939. The quantitative estimate of drug-likeness (QED) is 0.710. The van der Waals surface area contributed by atoms with Crippen molar-refractivity contribution in [2.45, 2.75) is 44.6 Å². The Labute approximate surface area is 96.9 Å². The number of ether oxygens (including phenoxy) is 2. The molecular weight excluding hydrogens is 208 g/mol. The molecule has 0 aromatic heterocycles. The summed E-state index contributed by atoms with van der Waals surface area (Å²) in [5.74, 6) is -0.372. The Balaban J connectivity index is 2.48. The molecule has 0 aliphatic heterocycles. The standard InChI is InChI=1S/C12H22O4/c1-10-5-3-6-12(9-10,11(13)14)16-8-4-7-15-2/h10H,3-9H2,1-2H3,(H,13,14). The van der Waals surface area contributed by atoms with Gasteiger partial charge in [-0.15, -0.1) is 0 Å². The number of carboxylic acids is 1. The second-order valence-electron chi connectivity index (χ2n) is 4.70. The van der Waals surface area contributed by atoms with Gasteiger partial charge in [-0.05, 0) is 31.6 Å². The van der Waals surface area contributed by atoms with E-state index in [0.29, 0.717) is 32.0 Å². The van der Waals surface area contributed by atoms with Crippen molar-refractivity contribution in [3.63, 3.8) is 0 Å². The molecular formula is C12H22O4. The first-order chi connectivity index (χ1) is 7.60. The third-order valence-corrected chi connectivity index (χ3v) is 3.22. The molecule has 0 heterocycles. The fraction of sp³-hybridized carbons (Fsp3) is 0.917. The molecule has 0 radical (unpaired) electrons. The van der Waals surface area contributed by atoms with Crippen molar-refractivity contribution in [3.05, 3.63) is 0 Å². The van der Waals surface area contributed by atoms with Crippen LogP contribution in [0.25, 0.3) is 0 Å². The number of rotatable bonds is 6. The average molecular weight is 230 g/mol. The van der Waals surface area contributed by atoms with Crippen molar-refractivity contribution in [3.8, 4) is 0 Å². The van der Waals surface area contributed by atoms with Crippen LogP contribution in [0.2, 0.25) is 0 Å². The highest BCUT2D eigenvalue weighted by atomic mass is 16.5. The summed E-state index contributed by atoms with van der Waals surface area (Å²) in [5.41, 5.74) is -0.939. The van der Waals surface area contributed by atoms with Crippen molar-refractivity contribution < 1.29 is 19.4 Å². The molecule has 1 aliphatic carbocycles. The third kappa shape index (κ3) is 3.46. The van der Waals surface area contributed by atoms with Crippen molar-refractivity contribution in [2.24, 2.45) is 5.92 Å². The Morgan fingerprint density at radius 2 is 2.25 bits per heavy atom. The van der Waals surface area contributed by atoms with Gasteiger partial charge in [0.2, 0.25) is 0 Å². The van der Waals surface area contributed by atoms with Crippen LogP contribution in [-0.2, 0) is 14.3 Å². The van der Waals surface area contributed by atoms with E-state index < -0.39 is 11.6 Å². The first kappa shape index (κ1) is 13.5. The monoisotopic (exact) mass is 230 g/mol. The summed E-state index contributed by atoms with van der Waals surface area (Å²) in [4.78, 5) is 11.3. The van der Waals surface area contributed by atoms with E-state index in [1.54, 1.807) is 7.11 Å². The summed E-state index contributed by atoms with van der Waals surface area (Å²) >= 11 is 0. The summed E-state index contributed by atoms with van der Waals surface area (Å²) in [7, 11) is 1.63. The molecule has 1 rings (SSSR count). The van der Waals surface area contributed by atoms with Gasteiger partial charge in [-0.1, -0.05) is 13.3 Å². The smallest absolute Gasteiger partial charge is 0.335 e. The van der Waals surface area contributed by atoms with E-state index in [2.05, 4.69) is 6.92 Å². The molecule has 94 valence electrons. The van der Waals surface area contributed by atoms with Crippen molar-refractivity contribution in [1.82, 2.24) is 0 Å². The molecule has 1 saturated carbocycles. The van der Waals surface area contributed by atoms with Crippen molar-refractivity contribution in [2.75, 3.05) is 20.3 Å². The van der Waals surface area contributed by atoms with E-state index in [9.17, 15) is 9.90 Å². The molecule has 0 amide bonds. The maximum Gasteiger partial charge on any atom is 0.335 e. The fourth-order valence-electron chi connectivity index (χ4n) is 2.36. The van der Waals surface area contributed by atoms with Gasteiger partial charge in [-0.2, -0.15) is 0 Å². The van der Waals surface area contributed by atoms with E-state index in [1.807, 2.05) is 0 Å². The van der Waals surface area contributed by atoms with Gasteiger partial charge in [-0.3, -0.25) is 0 Å². The Morgan fingerprint density at radius 3 is 2.81 bits per heavy atom. The lowest BCUT2D eigenvalue weighted by Crippen LogP contribution is -2.45. The zero-order valence-corrected chi connectivity index (χ0v) is 10.2. The molecule has 0 aromatic carbocycles. The average Bonchev–Trinajstić information content (AvgIpc) is 2.24. The fourth-order valence-corrected chi connectivity index (χ4v) is 2.36. The second kappa shape index (κ2) is 6.21. The van der Waals surface area contributed by atoms with E-state index >= 15 is 0 Å². The van der Waals surface area contributed by atoms with Gasteiger partial charge >= 0.3 is 5.97 Å². The van der Waals surface area contributed by atoms with Gasteiger partial charge in [0.15, 0.2) is 5.60 Å². The minimum absolute atomic E-state index is 0.437. The number of hydrogen-bond donors (Lipinski definition) is 1. The maximum absolute atomic E-state index is 11.3. The summed E-state index contributed by atoms with van der Waals surface area (Å²) < 4.78 is 10.5. The van der Waals surface area contributed by atoms with Gasteiger partial charge in [0, 0.05) is 13.7 Å². The molecule has 2 atom stereocenters. The summed E-state index contributed by atoms with van der Waals surface area (Å²) in [6, 6.07) is 0. The molecule has 0 aromatic rings. The first-order valence-corrected chi connectivity index (χ1v) is 5.97. The number of methoxy groups -OCH3 is 1. The Bertz CT molecular complexity index is 229. The highest BCUT2D eigenvalue weighted by Crippen LogP contribution is 2.35. The normalized spacial score (nSPS) is 30.2. The van der Waals surface area contributed by atoms with Crippen LogP contribution < -0.4 is 0 Å². The van der Waals surface area contributed by atoms with E-state index in [-0.39, 0.29) is 0 Å². The van der Waals surface area contributed by atoms with Crippen LogP contribution >= 0.6 is 0 Å². The van der Waals surface area contributed by atoms with Gasteiger partial charge < -0.3 is 14.6 Å². The molecule has 0 bridgehead atoms. The molecule has 2 unspecified atom stereocenters. The lowest BCUT2D eigenvalue weighted by Gasteiger charge is -2.36. The predicted molar refractivity (Wildman–Crippen MR) is 60.4 cm³/mol. The predicted octanol–water partition coefficient (Wildman–Crippen LogP) is 2.07. The van der Waals surface area contributed by atoms with Gasteiger partial charge in [0.25, 0.3) is 0 Å². The second-order valence-corrected chi connectivity index (χ2v) is 4.70. The molecule has 0 saturated heterocycles. The largest absolute Gasteiger partial charge is 0.479 e. The highest BCUT2D eigenvalue weighted by molar-refractivity contribution is 5.77. The summed E-state index contributed by atoms with van der Waals surface area (Å²) in [5, 5.41) is 9.31. The Morgan fingerprint density at radius 1 is 1.50 bits per heavy atom. The number of hydrogen-bond acceptors (Lipinski definition) is 3. The number of carbonyl (C=O) groups is 1. The van der Waals surface area contributed by atoms with E-state index in [4.69, 9.17) is 9.47 Å². The summed E-state index contributed by atoms with van der Waals surface area (Å²) in [6.07, 6.45) is 4.07. The lowest BCUT2D eigenvalue weighted by molar-refractivity contribution is -0.173. The molecule has 16 heavy (non-hydrogen) atoms. The molecule has 1 N–H and O–H groups in total. The van der Waals surface area contributed by atoms with Crippen LogP contribution in [0.15, 0.2) is 0 Å². The van der Waals surface area contributed by atoms with Crippen molar-refractivity contribution >= 4 is 5.97 Å². The van der Waals surface area contributed by atoms with Gasteiger partial charge in [0.1, 0.15) is 0 Å². The zero-order valence-electron chi connectivity index (χ0n) is 10.2. The maximum atomic E-state index is 11.3. The number of carboxylic acid groups (broad SMARTS) is 1. The molecule has 4 nitrogen and oxygen atoms in total. The first-order valence-electron chi connectivity index (χ1n) is 5.97. The zero-order chi connectivity index (χ0) is 12.0. The van der Waals surface area contributed by atoms with E-state index in [0.717, 1.165) is 19.3 Å². The minimum Gasteiger partial charge on any atom is -0.479 e. The van der Waals surface area contributed by atoms with E-state index in [1.165, 1.54) is 0 Å². The third-order valence-electron chi connectivity index (χ3n) is 3.22. The van der Waals surface area contributed by atoms with Crippen LogP contribution in [0.5, 0.6) is 0 Å². The SMILES string of the molecule is COCCCOC1(C(=O)O)CCCC(C)C1. The topological polar surface area (TPSA) is 55.8 Å². The molecule has 0 spiro atoms. The van der Waals surface area contributed by atoms with Crippen molar-refractivity contribution in [1.29, 1.82) is 0 Å². The van der Waals surface area contributed by atoms with Crippen LogP contribution in [0.1, 0.15) is 39.0 Å². The van der Waals surface area contributed by atoms with Crippen LogP contribution in [0.3, 0.4) is 0 Å². The van der Waals surface area contributed by atoms with Crippen LogP contribution in [0.4, 0.5) is 0 Å². The van der Waals surface area contributed by atoms with Gasteiger partial charge in [0.05, 0.1) is 6.61 Å². The Hall–Kier alpha value is -0.610. The lowest BCUT2D eigenvalue weighted by atomic mass is 9.79. The van der Waals surface area contributed by atoms with Crippen LogP contribution in [0, 0.1) is 5.92 Å². The van der Waals surface area contributed by atoms with Crippen LogP contribution in [-0.4, -0.2) is 37.0 Å². The summed E-state index contributed by atoms with van der Waals surface area (Å²) in [6.45, 7) is 3.17. The molecule has 4 heteroatoms. The molecule has 1 fully saturated rings. The van der Waals surface area contributed by atoms with Gasteiger partial charge in [-0.25, -0.2) is 4.79 Å². The Kier molecular flexibility index (Phi) is 5.22. The number of aliphatic carboxylic acids is 1. The molecule has 1 aliphatic rings.